The molecule has 0 amide bonds. The number of alkyl halides is 1. The van der Waals surface area contributed by atoms with Crippen molar-refractivity contribution >= 4 is 5.97 Å². The molecule has 2 saturated carbocycles. The third-order valence-electron chi connectivity index (χ3n) is 4.72. The van der Waals surface area contributed by atoms with Crippen LogP contribution in [0.15, 0.2) is 0 Å². The van der Waals surface area contributed by atoms with Crippen LogP contribution in [-0.4, -0.2) is 36.7 Å². The molecule has 1 aliphatic heterocycles. The number of ether oxygens (including phenoxy) is 3. The number of hydrogen-bond acceptors (Lipinski definition) is 4. The standard InChI is InChI=1S/C14H21FO4/c1-17-10-6-5-7-11-14(10,15)12(16)19-13(18-11)8-3-2-4-9-13/h10-11H,2-9H2,1H3/t10-,11+,14+/m0/s1. The summed E-state index contributed by atoms with van der Waals surface area (Å²) in [7, 11) is 1.44. The first kappa shape index (κ1) is 13.3. The first-order valence-electron chi connectivity index (χ1n) is 7.24. The Morgan fingerprint density at radius 1 is 1.21 bits per heavy atom. The van der Waals surface area contributed by atoms with E-state index in [0.717, 1.165) is 25.7 Å². The minimum Gasteiger partial charge on any atom is -0.431 e. The lowest BCUT2D eigenvalue weighted by Gasteiger charge is -2.51. The SMILES string of the molecule is CO[C@H]1CCC[C@H]2OC3(CCCCC3)OC(=O)[C@@]12F. The molecule has 0 aromatic heterocycles. The molecule has 0 aromatic carbocycles. The molecule has 3 fully saturated rings. The van der Waals surface area contributed by atoms with Gasteiger partial charge in [-0.3, -0.25) is 0 Å². The number of halogens is 1. The molecule has 4 nitrogen and oxygen atoms in total. The third-order valence-corrected chi connectivity index (χ3v) is 4.72. The molecule has 1 spiro atoms. The van der Waals surface area contributed by atoms with Crippen LogP contribution < -0.4 is 0 Å². The zero-order valence-electron chi connectivity index (χ0n) is 11.3. The number of carbonyl (C=O) groups excluding carboxylic acids is 1. The number of hydrogen-bond donors (Lipinski definition) is 0. The van der Waals surface area contributed by atoms with Crippen LogP contribution >= 0.6 is 0 Å². The summed E-state index contributed by atoms with van der Waals surface area (Å²) >= 11 is 0. The van der Waals surface area contributed by atoms with Crippen LogP contribution in [0.5, 0.6) is 0 Å². The molecular weight excluding hydrogens is 251 g/mol. The van der Waals surface area contributed by atoms with Gasteiger partial charge in [0.25, 0.3) is 5.67 Å². The van der Waals surface area contributed by atoms with Crippen molar-refractivity contribution < 1.29 is 23.4 Å². The van der Waals surface area contributed by atoms with Gasteiger partial charge in [-0.2, -0.15) is 0 Å². The van der Waals surface area contributed by atoms with E-state index in [1.165, 1.54) is 7.11 Å². The summed E-state index contributed by atoms with van der Waals surface area (Å²) in [5, 5.41) is 0. The van der Waals surface area contributed by atoms with Crippen LogP contribution in [0.25, 0.3) is 0 Å². The van der Waals surface area contributed by atoms with E-state index in [1.54, 1.807) is 0 Å². The molecule has 1 saturated heterocycles. The molecule has 0 N–H and O–H groups in total. The Balaban J connectivity index is 1.86. The molecule has 3 atom stereocenters. The molecule has 0 aromatic rings. The second-order valence-corrected chi connectivity index (χ2v) is 5.89. The van der Waals surface area contributed by atoms with E-state index >= 15 is 4.39 Å². The quantitative estimate of drug-likeness (QED) is 0.688. The lowest BCUT2D eigenvalue weighted by molar-refractivity contribution is -0.330. The third kappa shape index (κ3) is 1.98. The molecular formula is C14H21FO4. The van der Waals surface area contributed by atoms with Crippen molar-refractivity contribution in [3.05, 3.63) is 0 Å². The summed E-state index contributed by atoms with van der Waals surface area (Å²) in [6.07, 6.45) is 4.87. The van der Waals surface area contributed by atoms with E-state index in [-0.39, 0.29) is 0 Å². The zero-order valence-corrected chi connectivity index (χ0v) is 11.3. The van der Waals surface area contributed by atoms with Crippen LogP contribution in [0.2, 0.25) is 0 Å². The summed E-state index contributed by atoms with van der Waals surface area (Å²) < 4.78 is 31.6. The lowest BCUT2D eigenvalue weighted by Crippen LogP contribution is -2.67. The van der Waals surface area contributed by atoms with Gasteiger partial charge < -0.3 is 14.2 Å². The van der Waals surface area contributed by atoms with Gasteiger partial charge in [-0.25, -0.2) is 9.18 Å². The molecule has 108 valence electrons. The van der Waals surface area contributed by atoms with Gasteiger partial charge in [-0.15, -0.1) is 0 Å². The van der Waals surface area contributed by atoms with Gasteiger partial charge in [0.15, 0.2) is 0 Å². The molecule has 0 unspecified atom stereocenters. The fourth-order valence-electron chi connectivity index (χ4n) is 3.65. The second kappa shape index (κ2) is 4.70. The van der Waals surface area contributed by atoms with Crippen LogP contribution in [-0.2, 0) is 19.0 Å². The van der Waals surface area contributed by atoms with Crippen molar-refractivity contribution in [1.29, 1.82) is 0 Å². The van der Waals surface area contributed by atoms with Crippen molar-refractivity contribution in [1.82, 2.24) is 0 Å². The minimum atomic E-state index is -2.13. The van der Waals surface area contributed by atoms with Crippen molar-refractivity contribution in [2.45, 2.75) is 75.0 Å². The first-order chi connectivity index (χ1) is 9.11. The van der Waals surface area contributed by atoms with Gasteiger partial charge in [0.05, 0.1) is 0 Å². The number of rotatable bonds is 1. The molecule has 1 heterocycles. The molecule has 0 bridgehead atoms. The predicted molar refractivity (Wildman–Crippen MR) is 65.3 cm³/mol. The largest absolute Gasteiger partial charge is 0.431 e. The first-order valence-corrected chi connectivity index (χ1v) is 7.24. The fraction of sp³-hybridized carbons (Fsp3) is 0.929. The van der Waals surface area contributed by atoms with Crippen LogP contribution in [0, 0.1) is 0 Å². The summed E-state index contributed by atoms with van der Waals surface area (Å²) in [6.45, 7) is 0. The van der Waals surface area contributed by atoms with Gasteiger partial charge in [0.1, 0.15) is 12.2 Å². The average molecular weight is 272 g/mol. The summed E-state index contributed by atoms with van der Waals surface area (Å²) in [4.78, 5) is 12.2. The molecule has 5 heteroatoms. The smallest absolute Gasteiger partial charge is 0.351 e. The van der Waals surface area contributed by atoms with Gasteiger partial charge in [0.2, 0.25) is 5.79 Å². The van der Waals surface area contributed by atoms with E-state index in [1.807, 2.05) is 0 Å². The van der Waals surface area contributed by atoms with Crippen molar-refractivity contribution in [2.24, 2.45) is 0 Å². The maximum Gasteiger partial charge on any atom is 0.351 e. The van der Waals surface area contributed by atoms with E-state index in [2.05, 4.69) is 0 Å². The Kier molecular flexibility index (Phi) is 3.29. The van der Waals surface area contributed by atoms with Gasteiger partial charge in [-0.1, -0.05) is 6.42 Å². The number of fused-ring (bicyclic) bond motifs is 1. The Bertz CT molecular complexity index is 366. The minimum absolute atomic E-state index is 0.537. The summed E-state index contributed by atoms with van der Waals surface area (Å²) in [5.41, 5.74) is -2.13. The number of esters is 1. The molecule has 3 rings (SSSR count). The maximum atomic E-state index is 15.1. The Labute approximate surface area is 112 Å². The van der Waals surface area contributed by atoms with Gasteiger partial charge >= 0.3 is 5.97 Å². The second-order valence-electron chi connectivity index (χ2n) is 5.89. The number of methoxy groups -OCH3 is 1. The Hall–Kier alpha value is -0.680. The highest BCUT2D eigenvalue weighted by atomic mass is 19.1. The Morgan fingerprint density at radius 2 is 1.95 bits per heavy atom. The predicted octanol–water partition coefficient (Wildman–Crippen LogP) is 2.50. The van der Waals surface area contributed by atoms with Crippen LogP contribution in [0.4, 0.5) is 4.39 Å². The highest BCUT2D eigenvalue weighted by Crippen LogP contribution is 2.47. The number of carbonyl (C=O) groups is 1. The summed E-state index contributed by atoms with van der Waals surface area (Å²) in [5.74, 6) is -1.65. The molecule has 3 aliphatic rings. The highest BCUT2D eigenvalue weighted by Gasteiger charge is 2.64. The van der Waals surface area contributed by atoms with Crippen molar-refractivity contribution in [3.8, 4) is 0 Å². The van der Waals surface area contributed by atoms with E-state index in [4.69, 9.17) is 14.2 Å². The fourth-order valence-corrected chi connectivity index (χ4v) is 3.65. The maximum absolute atomic E-state index is 15.1. The average Bonchev–Trinajstić information content (AvgIpc) is 2.41. The van der Waals surface area contributed by atoms with E-state index in [0.29, 0.717) is 25.7 Å². The Morgan fingerprint density at radius 3 is 2.63 bits per heavy atom. The van der Waals surface area contributed by atoms with Crippen molar-refractivity contribution in [3.63, 3.8) is 0 Å². The monoisotopic (exact) mass is 272 g/mol. The van der Waals surface area contributed by atoms with Gasteiger partial charge in [0, 0.05) is 20.0 Å². The zero-order chi connectivity index (χ0) is 13.5. The van der Waals surface area contributed by atoms with Crippen LogP contribution in [0.3, 0.4) is 0 Å². The van der Waals surface area contributed by atoms with Crippen LogP contribution in [0.1, 0.15) is 51.4 Å². The molecule has 0 radical (unpaired) electrons. The lowest BCUT2D eigenvalue weighted by atomic mass is 9.79. The molecule has 2 aliphatic carbocycles. The topological polar surface area (TPSA) is 44.8 Å². The normalized spacial score (nSPS) is 41.7. The summed E-state index contributed by atoms with van der Waals surface area (Å²) in [6, 6.07) is 0. The van der Waals surface area contributed by atoms with E-state index in [9.17, 15) is 4.79 Å². The van der Waals surface area contributed by atoms with E-state index < -0.39 is 29.6 Å². The van der Waals surface area contributed by atoms with Crippen molar-refractivity contribution in [2.75, 3.05) is 7.11 Å². The highest BCUT2D eigenvalue weighted by molar-refractivity contribution is 5.82. The molecule has 19 heavy (non-hydrogen) atoms. The van der Waals surface area contributed by atoms with Gasteiger partial charge in [-0.05, 0) is 32.1 Å².